The molecule has 0 N–H and O–H groups in total. The van der Waals surface area contributed by atoms with Crippen LogP contribution >= 0.6 is 11.8 Å². The van der Waals surface area contributed by atoms with Gasteiger partial charge in [-0.15, -0.1) is 11.8 Å². The molecule has 10 heavy (non-hydrogen) atoms. The van der Waals surface area contributed by atoms with Gasteiger partial charge in [-0.3, -0.25) is 0 Å². The lowest BCUT2D eigenvalue weighted by Gasteiger charge is -2.08. The van der Waals surface area contributed by atoms with E-state index in [0.29, 0.717) is 0 Å². The van der Waals surface area contributed by atoms with Gasteiger partial charge in [0.15, 0.2) is 0 Å². The zero-order chi connectivity index (χ0) is 8.20. The van der Waals surface area contributed by atoms with Crippen molar-refractivity contribution in [2.75, 3.05) is 0 Å². The van der Waals surface area contributed by atoms with Gasteiger partial charge in [-0.1, -0.05) is 39.2 Å². The van der Waals surface area contributed by atoms with Crippen LogP contribution in [-0.4, -0.2) is 13.3 Å². The fraction of sp³-hybridized carbons (Fsp3) is 0.750. The van der Waals surface area contributed by atoms with Gasteiger partial charge in [0.1, 0.15) is 0 Å². The van der Waals surface area contributed by atoms with Gasteiger partial charge >= 0.3 is 0 Å². The maximum Gasteiger partial charge on any atom is 0.0693 e. The molecule has 0 aliphatic rings. The minimum atomic E-state index is -0.925. The fourth-order valence-electron chi connectivity index (χ4n) is 0.401. The topological polar surface area (TPSA) is 0 Å². The monoisotopic (exact) mass is 174 g/mol. The molecular weight excluding hydrogens is 156 g/mol. The molecule has 0 bridgehead atoms. The summed E-state index contributed by atoms with van der Waals surface area (Å²) in [7, 11) is -0.925. The highest BCUT2D eigenvalue weighted by Gasteiger charge is 2.06. The molecule has 0 rings (SSSR count). The molecular formula is C8H18SSi. The van der Waals surface area contributed by atoms with Crippen molar-refractivity contribution in [2.24, 2.45) is 0 Å². The second-order valence-corrected chi connectivity index (χ2v) is 10.4. The van der Waals surface area contributed by atoms with Crippen molar-refractivity contribution in [1.82, 2.24) is 0 Å². The van der Waals surface area contributed by atoms with Crippen molar-refractivity contribution in [1.29, 1.82) is 0 Å². The van der Waals surface area contributed by atoms with E-state index >= 15 is 0 Å². The number of thioether (sulfide) groups is 1. The molecule has 60 valence electrons. The molecule has 0 nitrogen and oxygen atoms in total. The Labute approximate surface area is 70.1 Å². The summed E-state index contributed by atoms with van der Waals surface area (Å²) in [6.45, 7) is 11.5. The summed E-state index contributed by atoms with van der Waals surface area (Å²) in [5.41, 5.74) is 2.39. The van der Waals surface area contributed by atoms with Crippen molar-refractivity contribution in [3.05, 3.63) is 11.1 Å². The van der Waals surface area contributed by atoms with Gasteiger partial charge in [-0.2, -0.15) is 0 Å². The molecule has 0 aromatic heterocycles. The van der Waals surface area contributed by atoms with E-state index in [2.05, 4.69) is 44.6 Å². The van der Waals surface area contributed by atoms with E-state index in [4.69, 9.17) is 0 Å². The summed E-state index contributed by atoms with van der Waals surface area (Å²) in [4.78, 5) is 0. The predicted molar refractivity (Wildman–Crippen MR) is 55.2 cm³/mol. The van der Waals surface area contributed by atoms with E-state index < -0.39 is 8.07 Å². The van der Waals surface area contributed by atoms with Gasteiger partial charge < -0.3 is 0 Å². The lowest BCUT2D eigenvalue weighted by atomic mass is 10.6. The van der Waals surface area contributed by atoms with Crippen LogP contribution in [0.3, 0.4) is 0 Å². The molecule has 0 aliphatic carbocycles. The van der Waals surface area contributed by atoms with Gasteiger partial charge in [-0.25, -0.2) is 0 Å². The summed E-state index contributed by atoms with van der Waals surface area (Å²) in [5, 5.41) is 2.99. The van der Waals surface area contributed by atoms with Gasteiger partial charge in [0.2, 0.25) is 0 Å². The highest BCUT2D eigenvalue weighted by molar-refractivity contribution is 8.02. The van der Waals surface area contributed by atoms with Crippen LogP contribution < -0.4 is 0 Å². The molecule has 0 saturated carbocycles. The highest BCUT2D eigenvalue weighted by Crippen LogP contribution is 2.13. The molecule has 0 aromatic rings. The Balaban J connectivity index is 3.57. The number of hydrogen-bond acceptors (Lipinski definition) is 1. The van der Waals surface area contributed by atoms with Crippen molar-refractivity contribution in [2.45, 2.75) is 38.7 Å². The van der Waals surface area contributed by atoms with Crippen molar-refractivity contribution >= 4 is 19.8 Å². The van der Waals surface area contributed by atoms with E-state index in [-0.39, 0.29) is 0 Å². The first-order chi connectivity index (χ1) is 4.42. The lowest BCUT2D eigenvalue weighted by molar-refractivity contribution is 1.12. The second kappa shape index (κ2) is 4.24. The normalized spacial score (nSPS) is 13.4. The first-order valence-corrected chi connectivity index (χ1v) is 8.27. The minimum Gasteiger partial charge on any atom is -0.132 e. The van der Waals surface area contributed by atoms with Crippen molar-refractivity contribution in [3.63, 3.8) is 0 Å². The summed E-state index contributed by atoms with van der Waals surface area (Å²) < 4.78 is 0. The third kappa shape index (κ3) is 8.31. The summed E-state index contributed by atoms with van der Waals surface area (Å²) >= 11 is 1.91. The Morgan fingerprint density at radius 3 is 2.00 bits per heavy atom. The van der Waals surface area contributed by atoms with E-state index in [1.807, 2.05) is 11.8 Å². The lowest BCUT2D eigenvalue weighted by Crippen LogP contribution is -2.15. The first-order valence-electron chi connectivity index (χ1n) is 3.75. The average molecular weight is 174 g/mol. The quantitative estimate of drug-likeness (QED) is 0.590. The largest absolute Gasteiger partial charge is 0.132 e. The summed E-state index contributed by atoms with van der Waals surface area (Å²) in [5.74, 6) is 0. The van der Waals surface area contributed by atoms with E-state index in [1.54, 1.807) is 0 Å². The van der Waals surface area contributed by atoms with Crippen LogP contribution in [0.2, 0.25) is 19.6 Å². The third-order valence-corrected chi connectivity index (χ3v) is 3.16. The molecule has 0 heterocycles. The molecule has 0 spiro atoms. The van der Waals surface area contributed by atoms with Gasteiger partial charge in [-0.05, 0) is 5.41 Å². The Morgan fingerprint density at radius 2 is 1.70 bits per heavy atom. The first kappa shape index (κ1) is 10.3. The number of rotatable bonds is 3. The van der Waals surface area contributed by atoms with Crippen molar-refractivity contribution < 1.29 is 0 Å². The fourth-order valence-corrected chi connectivity index (χ4v) is 2.66. The van der Waals surface area contributed by atoms with Crippen molar-refractivity contribution in [3.8, 4) is 0 Å². The summed E-state index contributed by atoms with van der Waals surface area (Å²) in [6.07, 6.45) is 0. The molecule has 0 amide bonds. The zero-order valence-corrected chi connectivity index (χ0v) is 9.46. The van der Waals surface area contributed by atoms with Crippen LogP contribution in [-0.2, 0) is 0 Å². The molecule has 0 saturated heterocycles. The SMILES string of the molecule is CC(C)S/C=C/[Si](C)(C)C. The Kier molecular flexibility index (Phi) is 4.37. The number of hydrogen-bond donors (Lipinski definition) is 0. The van der Waals surface area contributed by atoms with Crippen LogP contribution in [0.5, 0.6) is 0 Å². The van der Waals surface area contributed by atoms with Crippen LogP contribution in [0.15, 0.2) is 11.1 Å². The zero-order valence-electron chi connectivity index (χ0n) is 7.64. The Morgan fingerprint density at radius 1 is 1.20 bits per heavy atom. The third-order valence-electron chi connectivity index (χ3n) is 0.919. The molecule has 2 heteroatoms. The van der Waals surface area contributed by atoms with Gasteiger partial charge in [0, 0.05) is 5.25 Å². The maximum atomic E-state index is 2.39. The highest BCUT2D eigenvalue weighted by atomic mass is 32.2. The molecule has 0 unspecified atom stereocenters. The molecule has 0 aromatic carbocycles. The molecule has 0 radical (unpaired) electrons. The predicted octanol–water partition coefficient (Wildman–Crippen LogP) is 3.52. The Bertz CT molecular complexity index is 111. The second-order valence-electron chi connectivity index (χ2n) is 3.85. The van der Waals surface area contributed by atoms with E-state index in [0.717, 1.165) is 5.25 Å². The van der Waals surface area contributed by atoms with Gasteiger partial charge in [0.05, 0.1) is 8.07 Å². The van der Waals surface area contributed by atoms with E-state index in [1.165, 1.54) is 0 Å². The molecule has 0 aliphatic heterocycles. The maximum absolute atomic E-state index is 2.39. The average Bonchev–Trinajstić information content (AvgIpc) is 1.59. The van der Waals surface area contributed by atoms with Crippen LogP contribution in [0.1, 0.15) is 13.8 Å². The Hall–Kier alpha value is 0.307. The van der Waals surface area contributed by atoms with Crippen LogP contribution in [0, 0.1) is 0 Å². The standard InChI is InChI=1S/C8H18SSi/c1-8(2)9-6-7-10(3,4)5/h6-8H,1-5H3/b7-6+. The summed E-state index contributed by atoms with van der Waals surface area (Å²) in [6, 6.07) is 0. The van der Waals surface area contributed by atoms with E-state index in [9.17, 15) is 0 Å². The van der Waals surface area contributed by atoms with Crippen LogP contribution in [0.25, 0.3) is 0 Å². The minimum absolute atomic E-state index is 0.729. The van der Waals surface area contributed by atoms with Crippen LogP contribution in [0.4, 0.5) is 0 Å². The van der Waals surface area contributed by atoms with Gasteiger partial charge in [0.25, 0.3) is 0 Å². The smallest absolute Gasteiger partial charge is 0.0693 e. The molecule has 0 fully saturated rings. The molecule has 0 atom stereocenters.